The van der Waals surface area contributed by atoms with E-state index in [1.54, 1.807) is 12.3 Å². The lowest BCUT2D eigenvalue weighted by Gasteiger charge is -2.29. The van der Waals surface area contributed by atoms with E-state index in [0.717, 1.165) is 24.5 Å². The summed E-state index contributed by atoms with van der Waals surface area (Å²) in [6.45, 7) is 2.90. The number of halogens is 1. The van der Waals surface area contributed by atoms with Crippen LogP contribution in [0.2, 0.25) is 5.02 Å². The van der Waals surface area contributed by atoms with Crippen LogP contribution in [0.25, 0.3) is 0 Å². The van der Waals surface area contributed by atoms with Gasteiger partial charge in [-0.2, -0.15) is 0 Å². The predicted octanol–water partition coefficient (Wildman–Crippen LogP) is 2.41. The van der Waals surface area contributed by atoms with Crippen molar-refractivity contribution in [3.63, 3.8) is 0 Å². The summed E-state index contributed by atoms with van der Waals surface area (Å²) in [7, 11) is 0. The molecule has 0 aliphatic carbocycles. The summed E-state index contributed by atoms with van der Waals surface area (Å²) in [5, 5.41) is 14.1. The minimum Gasteiger partial charge on any atom is -0.378 e. The van der Waals surface area contributed by atoms with Gasteiger partial charge in [0.1, 0.15) is 11.4 Å². The molecule has 0 spiro atoms. The molecule has 9 heteroatoms. The first-order valence-corrected chi connectivity index (χ1v) is 8.43. The van der Waals surface area contributed by atoms with Crippen LogP contribution < -0.4 is 10.2 Å². The number of pyridine rings is 1. The van der Waals surface area contributed by atoms with E-state index >= 15 is 0 Å². The van der Waals surface area contributed by atoms with Crippen LogP contribution in [0.1, 0.15) is 15.9 Å². The van der Waals surface area contributed by atoms with Gasteiger partial charge in [-0.1, -0.05) is 17.7 Å². The van der Waals surface area contributed by atoms with Gasteiger partial charge in [0, 0.05) is 42.5 Å². The zero-order valence-electron chi connectivity index (χ0n) is 13.9. The Bertz CT molecular complexity index is 824. The van der Waals surface area contributed by atoms with Crippen LogP contribution in [0.4, 0.5) is 11.5 Å². The Kier molecular flexibility index (Phi) is 5.65. The number of nitrogens with one attached hydrogen (secondary N) is 1. The smallest absolute Gasteiger partial charge is 0.283 e. The Hall–Kier alpha value is -2.71. The van der Waals surface area contributed by atoms with E-state index in [4.69, 9.17) is 16.3 Å². The van der Waals surface area contributed by atoms with E-state index < -0.39 is 10.8 Å². The van der Waals surface area contributed by atoms with Crippen LogP contribution >= 0.6 is 11.6 Å². The van der Waals surface area contributed by atoms with E-state index in [2.05, 4.69) is 15.2 Å². The van der Waals surface area contributed by atoms with Crippen molar-refractivity contribution in [2.45, 2.75) is 6.54 Å². The van der Waals surface area contributed by atoms with Gasteiger partial charge in [-0.15, -0.1) is 0 Å². The Labute approximate surface area is 154 Å². The summed E-state index contributed by atoms with van der Waals surface area (Å²) in [5.74, 6) is 0.242. The van der Waals surface area contributed by atoms with Crippen LogP contribution in [-0.2, 0) is 11.3 Å². The molecule has 1 aromatic carbocycles. The highest BCUT2D eigenvalue weighted by Crippen LogP contribution is 2.24. The van der Waals surface area contributed by atoms with E-state index in [9.17, 15) is 14.9 Å². The highest BCUT2D eigenvalue weighted by atomic mass is 35.5. The number of amides is 1. The quantitative estimate of drug-likeness (QED) is 0.635. The predicted molar refractivity (Wildman–Crippen MR) is 96.5 cm³/mol. The van der Waals surface area contributed by atoms with Gasteiger partial charge in [-0.3, -0.25) is 14.9 Å². The molecule has 0 unspecified atom stereocenters. The van der Waals surface area contributed by atoms with Crippen LogP contribution in [-0.4, -0.2) is 42.1 Å². The first-order valence-electron chi connectivity index (χ1n) is 8.05. The third-order valence-electron chi connectivity index (χ3n) is 4.02. The molecule has 2 heterocycles. The summed E-state index contributed by atoms with van der Waals surface area (Å²) in [4.78, 5) is 29.5. The first kappa shape index (κ1) is 18.1. The van der Waals surface area contributed by atoms with Crippen molar-refractivity contribution in [3.8, 4) is 0 Å². The van der Waals surface area contributed by atoms with Gasteiger partial charge in [0.15, 0.2) is 0 Å². The number of hydrogen-bond acceptors (Lipinski definition) is 6. The molecule has 0 atom stereocenters. The minimum atomic E-state index is -0.621. The topological polar surface area (TPSA) is 97.6 Å². The summed E-state index contributed by atoms with van der Waals surface area (Å²) in [6.07, 6.45) is 1.69. The number of hydrogen-bond donors (Lipinski definition) is 1. The number of nitro groups is 1. The molecular weight excluding hydrogens is 360 g/mol. The number of aromatic nitrogens is 1. The molecule has 136 valence electrons. The fraction of sp³-hybridized carbons (Fsp3) is 0.294. The monoisotopic (exact) mass is 376 g/mol. The molecule has 0 radical (unpaired) electrons. The molecule has 1 aromatic heterocycles. The van der Waals surface area contributed by atoms with Crippen molar-refractivity contribution in [2.75, 3.05) is 31.2 Å². The zero-order chi connectivity index (χ0) is 18.5. The number of morpholine rings is 1. The molecule has 1 amide bonds. The molecule has 1 aliphatic heterocycles. The Morgan fingerprint density at radius 1 is 1.35 bits per heavy atom. The lowest BCUT2D eigenvalue weighted by Crippen LogP contribution is -2.37. The van der Waals surface area contributed by atoms with E-state index in [1.165, 1.54) is 18.2 Å². The second kappa shape index (κ2) is 8.11. The number of rotatable bonds is 5. The van der Waals surface area contributed by atoms with Crippen LogP contribution in [0.15, 0.2) is 36.5 Å². The van der Waals surface area contributed by atoms with Crippen molar-refractivity contribution >= 4 is 29.0 Å². The van der Waals surface area contributed by atoms with Gasteiger partial charge >= 0.3 is 0 Å². The van der Waals surface area contributed by atoms with Crippen molar-refractivity contribution in [3.05, 3.63) is 62.8 Å². The molecular formula is C17H17ClN4O4. The van der Waals surface area contributed by atoms with Gasteiger partial charge in [0.2, 0.25) is 0 Å². The van der Waals surface area contributed by atoms with Crippen molar-refractivity contribution in [1.29, 1.82) is 0 Å². The van der Waals surface area contributed by atoms with Gasteiger partial charge in [0.25, 0.3) is 11.6 Å². The average molecular weight is 377 g/mol. The van der Waals surface area contributed by atoms with Crippen molar-refractivity contribution in [1.82, 2.24) is 10.3 Å². The Morgan fingerprint density at radius 3 is 2.85 bits per heavy atom. The summed E-state index contributed by atoms with van der Waals surface area (Å²) < 4.78 is 5.35. The number of ether oxygens (including phenoxy) is 1. The maximum atomic E-state index is 12.4. The van der Waals surface area contributed by atoms with Crippen molar-refractivity contribution in [2.24, 2.45) is 0 Å². The molecule has 8 nitrogen and oxygen atoms in total. The van der Waals surface area contributed by atoms with Gasteiger partial charge in [-0.25, -0.2) is 4.98 Å². The Balaban J connectivity index is 1.76. The van der Waals surface area contributed by atoms with E-state index in [1.807, 2.05) is 6.07 Å². The molecule has 1 aliphatic rings. The fourth-order valence-corrected chi connectivity index (χ4v) is 2.91. The maximum absolute atomic E-state index is 12.4. The average Bonchev–Trinajstić information content (AvgIpc) is 2.67. The largest absolute Gasteiger partial charge is 0.378 e. The van der Waals surface area contributed by atoms with E-state index in [0.29, 0.717) is 13.2 Å². The lowest BCUT2D eigenvalue weighted by atomic mass is 10.1. The highest BCUT2D eigenvalue weighted by molar-refractivity contribution is 6.31. The standard InChI is InChI=1S/C17H17ClN4O4/c18-13-3-4-14(15(10-13)22(24)25)17(23)20-11-12-2-1-5-19-16(12)21-6-8-26-9-7-21/h1-5,10H,6-9,11H2,(H,20,23). The second-order valence-electron chi connectivity index (χ2n) is 5.69. The van der Waals surface area contributed by atoms with Crippen LogP contribution in [0.3, 0.4) is 0 Å². The fourth-order valence-electron chi connectivity index (χ4n) is 2.75. The molecule has 1 N–H and O–H groups in total. The highest BCUT2D eigenvalue weighted by Gasteiger charge is 2.21. The van der Waals surface area contributed by atoms with Crippen molar-refractivity contribution < 1.29 is 14.5 Å². The maximum Gasteiger partial charge on any atom is 0.283 e. The minimum absolute atomic E-state index is 0.0313. The second-order valence-corrected chi connectivity index (χ2v) is 6.12. The number of nitrogens with zero attached hydrogens (tertiary/aromatic N) is 3. The molecule has 3 rings (SSSR count). The zero-order valence-corrected chi connectivity index (χ0v) is 14.6. The van der Waals surface area contributed by atoms with Crippen LogP contribution in [0.5, 0.6) is 0 Å². The van der Waals surface area contributed by atoms with Gasteiger partial charge < -0.3 is 15.0 Å². The summed E-state index contributed by atoms with van der Waals surface area (Å²) in [6, 6.07) is 7.62. The number of nitro benzene ring substituents is 1. The molecule has 1 saturated heterocycles. The molecule has 0 bridgehead atoms. The molecule has 26 heavy (non-hydrogen) atoms. The number of benzene rings is 1. The first-order chi connectivity index (χ1) is 12.6. The third-order valence-corrected chi connectivity index (χ3v) is 4.25. The van der Waals surface area contributed by atoms with E-state index in [-0.39, 0.29) is 22.8 Å². The molecule has 0 saturated carbocycles. The summed E-state index contributed by atoms with van der Waals surface area (Å²) in [5.41, 5.74) is 0.477. The molecule has 2 aromatic rings. The number of anilines is 1. The third kappa shape index (κ3) is 4.09. The van der Waals surface area contributed by atoms with Gasteiger partial charge in [0.05, 0.1) is 18.1 Å². The number of carbonyl (C=O) groups excluding carboxylic acids is 1. The number of carbonyl (C=O) groups is 1. The SMILES string of the molecule is O=C(NCc1cccnc1N1CCOCC1)c1ccc(Cl)cc1[N+](=O)[O-]. The Morgan fingerprint density at radius 2 is 2.12 bits per heavy atom. The normalized spacial score (nSPS) is 14.1. The van der Waals surface area contributed by atoms with Crippen LogP contribution in [0, 0.1) is 10.1 Å². The molecule has 1 fully saturated rings. The van der Waals surface area contributed by atoms with Gasteiger partial charge in [-0.05, 0) is 18.2 Å². The lowest BCUT2D eigenvalue weighted by molar-refractivity contribution is -0.385. The summed E-state index contributed by atoms with van der Waals surface area (Å²) >= 11 is 5.79.